The summed E-state index contributed by atoms with van der Waals surface area (Å²) in [4.78, 5) is 14.7. The molecule has 0 aromatic heterocycles. The molecule has 3 nitrogen and oxygen atoms in total. The SMILES string of the molecule is CC(CC(=O)N1CCc2c(Br)cccc2C1)C1CCNCC1.Cl. The predicted molar refractivity (Wildman–Crippen MR) is 99.9 cm³/mol. The third-order valence-electron chi connectivity index (χ3n) is 5.25. The van der Waals surface area contributed by atoms with Crippen molar-refractivity contribution in [2.45, 2.75) is 39.2 Å². The highest BCUT2D eigenvalue weighted by molar-refractivity contribution is 9.10. The summed E-state index contributed by atoms with van der Waals surface area (Å²) in [6, 6.07) is 6.31. The molecule has 2 aliphatic rings. The first-order chi connectivity index (χ1) is 10.6. The molecular formula is C18H26BrClN2O. The Labute approximate surface area is 153 Å². The van der Waals surface area contributed by atoms with E-state index in [-0.39, 0.29) is 12.4 Å². The molecule has 128 valence electrons. The number of hydrogen-bond acceptors (Lipinski definition) is 2. The van der Waals surface area contributed by atoms with Crippen LogP contribution in [0.4, 0.5) is 0 Å². The quantitative estimate of drug-likeness (QED) is 0.836. The molecule has 1 aromatic carbocycles. The van der Waals surface area contributed by atoms with Crippen molar-refractivity contribution in [3.63, 3.8) is 0 Å². The zero-order valence-electron chi connectivity index (χ0n) is 13.7. The topological polar surface area (TPSA) is 32.3 Å². The van der Waals surface area contributed by atoms with E-state index in [0.717, 1.165) is 32.6 Å². The first-order valence-corrected chi connectivity index (χ1v) is 9.19. The minimum atomic E-state index is 0. The molecule has 2 aliphatic heterocycles. The zero-order valence-corrected chi connectivity index (χ0v) is 16.1. The van der Waals surface area contributed by atoms with Gasteiger partial charge in [-0.1, -0.05) is 35.0 Å². The van der Waals surface area contributed by atoms with E-state index in [1.807, 2.05) is 4.90 Å². The van der Waals surface area contributed by atoms with Crippen molar-refractivity contribution in [2.24, 2.45) is 11.8 Å². The molecule has 1 aromatic rings. The molecule has 1 amide bonds. The third kappa shape index (κ3) is 4.49. The first kappa shape index (κ1) is 18.8. The average molecular weight is 402 g/mol. The summed E-state index contributed by atoms with van der Waals surface area (Å²) in [5, 5.41) is 3.40. The van der Waals surface area contributed by atoms with Gasteiger partial charge in [0, 0.05) is 24.0 Å². The number of carbonyl (C=O) groups excluding carboxylic acids is 1. The number of fused-ring (bicyclic) bond motifs is 1. The summed E-state index contributed by atoms with van der Waals surface area (Å²) in [5.41, 5.74) is 2.67. The Hall–Kier alpha value is -0.580. The summed E-state index contributed by atoms with van der Waals surface area (Å²) in [6.07, 6.45) is 4.09. The molecule has 1 atom stereocenters. The minimum absolute atomic E-state index is 0. The van der Waals surface area contributed by atoms with Gasteiger partial charge in [0.25, 0.3) is 0 Å². The van der Waals surface area contributed by atoms with Crippen molar-refractivity contribution in [3.8, 4) is 0 Å². The van der Waals surface area contributed by atoms with Crippen LogP contribution >= 0.6 is 28.3 Å². The lowest BCUT2D eigenvalue weighted by Gasteiger charge is -2.32. The monoisotopic (exact) mass is 400 g/mol. The molecule has 2 heterocycles. The molecule has 0 radical (unpaired) electrons. The number of halogens is 2. The van der Waals surface area contributed by atoms with Gasteiger partial charge in [-0.05, 0) is 61.4 Å². The summed E-state index contributed by atoms with van der Waals surface area (Å²) in [5.74, 6) is 1.53. The molecule has 5 heteroatoms. The van der Waals surface area contributed by atoms with Gasteiger partial charge in [0.05, 0.1) is 0 Å². The second kappa shape index (κ2) is 8.50. The fraction of sp³-hybridized carbons (Fsp3) is 0.611. The lowest BCUT2D eigenvalue weighted by Crippen LogP contribution is -2.38. The second-order valence-corrected chi connectivity index (χ2v) is 7.57. The van der Waals surface area contributed by atoms with Gasteiger partial charge < -0.3 is 10.2 Å². The Bertz CT molecular complexity index is 546. The second-order valence-electron chi connectivity index (χ2n) is 6.71. The Morgan fingerprint density at radius 1 is 1.39 bits per heavy atom. The highest BCUT2D eigenvalue weighted by Crippen LogP contribution is 2.29. The predicted octanol–water partition coefficient (Wildman–Crippen LogP) is 3.78. The molecule has 0 saturated carbocycles. The molecule has 1 fully saturated rings. The van der Waals surface area contributed by atoms with Crippen LogP contribution in [-0.2, 0) is 17.8 Å². The van der Waals surface area contributed by atoms with Crippen LogP contribution in [0.5, 0.6) is 0 Å². The van der Waals surface area contributed by atoms with Gasteiger partial charge in [-0.2, -0.15) is 0 Å². The molecular weight excluding hydrogens is 376 g/mol. The standard InChI is InChI=1S/C18H25BrN2O.ClH/c1-13(14-5-8-20-9-6-14)11-18(22)21-10-7-16-15(12-21)3-2-4-17(16)19;/h2-4,13-14,20H,5-12H2,1H3;1H. The highest BCUT2D eigenvalue weighted by atomic mass is 79.9. The minimum Gasteiger partial charge on any atom is -0.338 e. The van der Waals surface area contributed by atoms with Crippen LogP contribution in [0, 0.1) is 11.8 Å². The number of piperidine rings is 1. The Morgan fingerprint density at radius 3 is 2.87 bits per heavy atom. The van der Waals surface area contributed by atoms with Crippen LogP contribution in [0.3, 0.4) is 0 Å². The average Bonchev–Trinajstić information content (AvgIpc) is 2.55. The van der Waals surface area contributed by atoms with Crippen LogP contribution in [0.25, 0.3) is 0 Å². The highest BCUT2D eigenvalue weighted by Gasteiger charge is 2.26. The van der Waals surface area contributed by atoms with Crippen molar-refractivity contribution in [1.29, 1.82) is 0 Å². The van der Waals surface area contributed by atoms with Crippen LogP contribution in [0.2, 0.25) is 0 Å². The molecule has 0 aliphatic carbocycles. The smallest absolute Gasteiger partial charge is 0.223 e. The van der Waals surface area contributed by atoms with Crippen molar-refractivity contribution < 1.29 is 4.79 Å². The van der Waals surface area contributed by atoms with Gasteiger partial charge in [-0.15, -0.1) is 12.4 Å². The Balaban J connectivity index is 0.00000192. The number of benzene rings is 1. The zero-order chi connectivity index (χ0) is 15.5. The summed E-state index contributed by atoms with van der Waals surface area (Å²) >= 11 is 3.62. The van der Waals surface area contributed by atoms with Crippen molar-refractivity contribution in [2.75, 3.05) is 19.6 Å². The largest absolute Gasteiger partial charge is 0.338 e. The summed E-state index contributed by atoms with van der Waals surface area (Å²) in [7, 11) is 0. The molecule has 23 heavy (non-hydrogen) atoms. The van der Waals surface area contributed by atoms with Gasteiger partial charge in [0.1, 0.15) is 0 Å². The molecule has 1 N–H and O–H groups in total. The fourth-order valence-electron chi connectivity index (χ4n) is 3.76. The van der Waals surface area contributed by atoms with Crippen molar-refractivity contribution in [3.05, 3.63) is 33.8 Å². The number of hydrogen-bond donors (Lipinski definition) is 1. The number of carbonyl (C=O) groups is 1. The van der Waals surface area contributed by atoms with E-state index in [1.54, 1.807) is 0 Å². The van der Waals surface area contributed by atoms with E-state index in [2.05, 4.69) is 46.4 Å². The molecule has 1 unspecified atom stereocenters. The molecule has 1 saturated heterocycles. The first-order valence-electron chi connectivity index (χ1n) is 8.40. The van der Waals surface area contributed by atoms with Crippen molar-refractivity contribution in [1.82, 2.24) is 10.2 Å². The fourth-order valence-corrected chi connectivity index (χ4v) is 4.37. The van der Waals surface area contributed by atoms with E-state index >= 15 is 0 Å². The number of amides is 1. The number of nitrogens with one attached hydrogen (secondary N) is 1. The Morgan fingerprint density at radius 2 is 2.13 bits per heavy atom. The van der Waals surface area contributed by atoms with E-state index in [0.29, 0.717) is 24.2 Å². The van der Waals surface area contributed by atoms with E-state index < -0.39 is 0 Å². The van der Waals surface area contributed by atoms with E-state index in [1.165, 1.54) is 28.4 Å². The van der Waals surface area contributed by atoms with Gasteiger partial charge in [-0.3, -0.25) is 4.79 Å². The van der Waals surface area contributed by atoms with Crippen LogP contribution < -0.4 is 5.32 Å². The van der Waals surface area contributed by atoms with Gasteiger partial charge in [0.2, 0.25) is 5.91 Å². The molecule has 3 rings (SSSR count). The van der Waals surface area contributed by atoms with E-state index in [9.17, 15) is 4.79 Å². The van der Waals surface area contributed by atoms with Gasteiger partial charge in [-0.25, -0.2) is 0 Å². The maximum Gasteiger partial charge on any atom is 0.223 e. The number of nitrogens with zero attached hydrogens (tertiary/aromatic N) is 1. The summed E-state index contributed by atoms with van der Waals surface area (Å²) in [6.45, 7) is 6.09. The van der Waals surface area contributed by atoms with Crippen LogP contribution in [-0.4, -0.2) is 30.4 Å². The lowest BCUT2D eigenvalue weighted by molar-refractivity contribution is -0.133. The van der Waals surface area contributed by atoms with Gasteiger partial charge >= 0.3 is 0 Å². The third-order valence-corrected chi connectivity index (χ3v) is 5.99. The van der Waals surface area contributed by atoms with Crippen LogP contribution in [0.15, 0.2) is 22.7 Å². The molecule has 0 bridgehead atoms. The maximum atomic E-state index is 12.6. The van der Waals surface area contributed by atoms with Crippen molar-refractivity contribution >= 4 is 34.2 Å². The van der Waals surface area contributed by atoms with Crippen LogP contribution in [0.1, 0.15) is 37.3 Å². The van der Waals surface area contributed by atoms with Gasteiger partial charge in [0.15, 0.2) is 0 Å². The normalized spacial score (nSPS) is 19.7. The lowest BCUT2D eigenvalue weighted by atomic mass is 9.83. The maximum absolute atomic E-state index is 12.6. The Kier molecular flexibility index (Phi) is 6.93. The number of rotatable bonds is 3. The molecule has 0 spiro atoms. The van der Waals surface area contributed by atoms with E-state index in [4.69, 9.17) is 0 Å². The summed E-state index contributed by atoms with van der Waals surface area (Å²) < 4.78 is 1.18.